The first-order valence-electron chi connectivity index (χ1n) is 8.95. The fraction of sp³-hybridized carbons (Fsp3) is 0.474. The predicted molar refractivity (Wildman–Crippen MR) is 104 cm³/mol. The molecule has 0 saturated heterocycles. The lowest BCUT2D eigenvalue weighted by molar-refractivity contribution is -0.158. The molecule has 0 saturated carbocycles. The number of ether oxygens (including phenoxy) is 3. The summed E-state index contributed by atoms with van der Waals surface area (Å²) in [6, 6.07) is 6.19. The van der Waals surface area contributed by atoms with Crippen LogP contribution < -0.4 is 15.2 Å². The minimum atomic E-state index is -3.75. The molecule has 0 aliphatic heterocycles. The highest BCUT2D eigenvalue weighted by atomic mass is 32.2. The van der Waals surface area contributed by atoms with Gasteiger partial charge in [0.1, 0.15) is 11.9 Å². The van der Waals surface area contributed by atoms with Crippen molar-refractivity contribution in [3.8, 4) is 5.75 Å². The molecule has 7 nitrogen and oxygen atoms in total. The van der Waals surface area contributed by atoms with Gasteiger partial charge in [0.25, 0.3) is 5.85 Å². The summed E-state index contributed by atoms with van der Waals surface area (Å²) in [7, 11) is -2.45. The number of benzene rings is 1. The third kappa shape index (κ3) is 6.68. The Hall–Kier alpha value is -1.78. The molecule has 0 fully saturated rings. The van der Waals surface area contributed by atoms with E-state index >= 15 is 0 Å². The number of primary sulfonamides is 1. The van der Waals surface area contributed by atoms with E-state index in [1.165, 1.54) is 25.3 Å². The molecule has 3 atom stereocenters. The van der Waals surface area contributed by atoms with Crippen molar-refractivity contribution in [1.29, 1.82) is 0 Å². The first-order chi connectivity index (χ1) is 13.2. The Kier molecular flexibility index (Phi) is 8.14. The van der Waals surface area contributed by atoms with Crippen molar-refractivity contribution >= 4 is 10.0 Å². The van der Waals surface area contributed by atoms with Crippen LogP contribution in [0.4, 0.5) is 4.39 Å². The first-order valence-corrected chi connectivity index (χ1v) is 10.5. The maximum Gasteiger partial charge on any atom is 0.258 e. The standard InChI is InChI=1S/C19H27FN2O5S/c1-15(9-12-26-16-6-5-7-17(14-16)28(21,23)24)22-11-13-27-18-8-3-4-10-19(18,20)25-2/h3-8,10,14-15,18,22H,9,11-13H2,1-2H3,(H2,21,23,24). The molecule has 0 spiro atoms. The van der Waals surface area contributed by atoms with Crippen LogP contribution in [0.3, 0.4) is 0 Å². The largest absolute Gasteiger partial charge is 0.493 e. The fourth-order valence-corrected chi connectivity index (χ4v) is 3.17. The Balaban J connectivity index is 1.66. The number of hydrogen-bond donors (Lipinski definition) is 2. The van der Waals surface area contributed by atoms with Crippen LogP contribution >= 0.6 is 0 Å². The minimum absolute atomic E-state index is 0.0138. The van der Waals surface area contributed by atoms with E-state index in [1.54, 1.807) is 30.4 Å². The molecular formula is C19H27FN2O5S. The highest BCUT2D eigenvalue weighted by Crippen LogP contribution is 2.26. The van der Waals surface area contributed by atoms with Crippen LogP contribution in [-0.4, -0.2) is 53.3 Å². The van der Waals surface area contributed by atoms with Crippen LogP contribution in [0.25, 0.3) is 0 Å². The van der Waals surface area contributed by atoms with Crippen molar-refractivity contribution in [2.75, 3.05) is 26.9 Å². The summed E-state index contributed by atoms with van der Waals surface area (Å²) in [5.41, 5.74) is 0. The van der Waals surface area contributed by atoms with Gasteiger partial charge in [-0.2, -0.15) is 0 Å². The number of nitrogens with two attached hydrogens (primary N) is 1. The number of sulfonamides is 1. The Morgan fingerprint density at radius 3 is 2.82 bits per heavy atom. The van der Waals surface area contributed by atoms with Crippen LogP contribution in [0.2, 0.25) is 0 Å². The van der Waals surface area contributed by atoms with Crippen LogP contribution in [0.15, 0.2) is 53.5 Å². The second kappa shape index (κ2) is 10.1. The lowest BCUT2D eigenvalue weighted by atomic mass is 10.1. The van der Waals surface area contributed by atoms with Gasteiger partial charge in [0.2, 0.25) is 10.0 Å². The molecule has 0 bridgehead atoms. The normalized spacial score (nSPS) is 22.9. The van der Waals surface area contributed by atoms with E-state index < -0.39 is 22.0 Å². The molecule has 1 aromatic rings. The van der Waals surface area contributed by atoms with Gasteiger partial charge in [-0.1, -0.05) is 18.2 Å². The molecule has 3 N–H and O–H groups in total. The van der Waals surface area contributed by atoms with Gasteiger partial charge >= 0.3 is 0 Å². The van der Waals surface area contributed by atoms with Crippen molar-refractivity contribution in [3.63, 3.8) is 0 Å². The van der Waals surface area contributed by atoms with Crippen LogP contribution in [0, 0.1) is 0 Å². The van der Waals surface area contributed by atoms with Crippen molar-refractivity contribution in [2.45, 2.75) is 36.2 Å². The average Bonchev–Trinajstić information content (AvgIpc) is 2.66. The van der Waals surface area contributed by atoms with Crippen LogP contribution in [-0.2, 0) is 19.5 Å². The van der Waals surface area contributed by atoms with Gasteiger partial charge in [-0.15, -0.1) is 0 Å². The number of allylic oxidation sites excluding steroid dienone is 2. The van der Waals surface area contributed by atoms with Gasteiger partial charge < -0.3 is 19.5 Å². The Morgan fingerprint density at radius 1 is 1.32 bits per heavy atom. The highest BCUT2D eigenvalue weighted by molar-refractivity contribution is 7.89. The monoisotopic (exact) mass is 414 g/mol. The molecule has 28 heavy (non-hydrogen) atoms. The van der Waals surface area contributed by atoms with Crippen molar-refractivity contribution in [2.24, 2.45) is 5.14 Å². The molecule has 0 heterocycles. The lowest BCUT2D eigenvalue weighted by Gasteiger charge is -2.29. The Morgan fingerprint density at radius 2 is 2.11 bits per heavy atom. The molecule has 0 radical (unpaired) electrons. The van der Waals surface area contributed by atoms with Crippen molar-refractivity contribution < 1.29 is 27.0 Å². The number of hydrogen-bond acceptors (Lipinski definition) is 6. The van der Waals surface area contributed by atoms with Gasteiger partial charge in [-0.3, -0.25) is 0 Å². The highest BCUT2D eigenvalue weighted by Gasteiger charge is 2.37. The molecule has 2 rings (SSSR count). The summed E-state index contributed by atoms with van der Waals surface area (Å²) in [5, 5.41) is 8.37. The second-order valence-corrected chi connectivity index (χ2v) is 8.01. The predicted octanol–water partition coefficient (Wildman–Crippen LogP) is 1.90. The molecule has 1 aromatic carbocycles. The molecule has 1 aliphatic rings. The van der Waals surface area contributed by atoms with Gasteiger partial charge in [0, 0.05) is 25.8 Å². The molecule has 9 heteroatoms. The van der Waals surface area contributed by atoms with Gasteiger partial charge in [-0.05, 0) is 37.6 Å². The lowest BCUT2D eigenvalue weighted by Crippen LogP contribution is -2.41. The summed E-state index contributed by atoms with van der Waals surface area (Å²) < 4.78 is 53.1. The van der Waals surface area contributed by atoms with Crippen molar-refractivity contribution in [1.82, 2.24) is 5.32 Å². The van der Waals surface area contributed by atoms with E-state index in [0.29, 0.717) is 31.9 Å². The maximum absolute atomic E-state index is 14.4. The zero-order valence-electron chi connectivity index (χ0n) is 16.0. The first kappa shape index (κ1) is 22.5. The number of methoxy groups -OCH3 is 1. The zero-order valence-corrected chi connectivity index (χ0v) is 16.8. The summed E-state index contributed by atoms with van der Waals surface area (Å²) >= 11 is 0. The molecule has 156 valence electrons. The topological polar surface area (TPSA) is 99.9 Å². The Bertz CT molecular complexity index is 799. The minimum Gasteiger partial charge on any atom is -0.493 e. The van der Waals surface area contributed by atoms with Gasteiger partial charge in [-0.25, -0.2) is 17.9 Å². The van der Waals surface area contributed by atoms with E-state index in [-0.39, 0.29) is 10.9 Å². The third-order valence-corrected chi connectivity index (χ3v) is 5.18. The van der Waals surface area contributed by atoms with E-state index in [4.69, 9.17) is 19.3 Å². The number of nitrogens with one attached hydrogen (secondary N) is 1. The molecular weight excluding hydrogens is 387 g/mol. The Labute approximate surface area is 165 Å². The van der Waals surface area contributed by atoms with Gasteiger partial charge in [0.05, 0.1) is 18.1 Å². The van der Waals surface area contributed by atoms with E-state index in [2.05, 4.69) is 5.32 Å². The molecule has 0 amide bonds. The average molecular weight is 414 g/mol. The maximum atomic E-state index is 14.4. The SMILES string of the molecule is COC1(F)C=CC=CC1OCCNC(C)CCOc1cccc(S(N)(=O)=O)c1. The zero-order chi connectivity index (χ0) is 20.6. The number of rotatable bonds is 11. The van der Waals surface area contributed by atoms with E-state index in [9.17, 15) is 12.8 Å². The van der Waals surface area contributed by atoms with Gasteiger partial charge in [0.15, 0.2) is 0 Å². The third-order valence-electron chi connectivity index (χ3n) is 4.27. The summed E-state index contributed by atoms with van der Waals surface area (Å²) in [5.74, 6) is -1.50. The fourth-order valence-electron chi connectivity index (χ4n) is 2.62. The van der Waals surface area contributed by atoms with E-state index in [1.807, 2.05) is 6.92 Å². The van der Waals surface area contributed by atoms with Crippen LogP contribution in [0.5, 0.6) is 5.75 Å². The number of halogens is 1. The summed E-state index contributed by atoms with van der Waals surface area (Å²) in [6.07, 6.45) is 6.17. The molecule has 1 aliphatic carbocycles. The summed E-state index contributed by atoms with van der Waals surface area (Å²) in [6.45, 7) is 3.24. The summed E-state index contributed by atoms with van der Waals surface area (Å²) in [4.78, 5) is 0.0138. The molecule has 3 unspecified atom stereocenters. The van der Waals surface area contributed by atoms with Crippen molar-refractivity contribution in [3.05, 3.63) is 48.6 Å². The smallest absolute Gasteiger partial charge is 0.258 e. The van der Waals surface area contributed by atoms with E-state index in [0.717, 1.165) is 0 Å². The number of alkyl halides is 1. The molecule has 0 aromatic heterocycles. The quantitative estimate of drug-likeness (QED) is 0.537. The van der Waals surface area contributed by atoms with Crippen LogP contribution in [0.1, 0.15) is 13.3 Å². The second-order valence-electron chi connectivity index (χ2n) is 6.45.